The molecule has 1 aromatic carbocycles. The van der Waals surface area contributed by atoms with Crippen LogP contribution >= 0.6 is 0 Å². The Morgan fingerprint density at radius 3 is 2.18 bits per heavy atom. The van der Waals surface area contributed by atoms with E-state index < -0.39 is 10.0 Å². The van der Waals surface area contributed by atoms with Crippen molar-refractivity contribution >= 4 is 10.0 Å². The third-order valence-electron chi connectivity index (χ3n) is 4.22. The van der Waals surface area contributed by atoms with Gasteiger partial charge in [0.25, 0.3) is 0 Å². The summed E-state index contributed by atoms with van der Waals surface area (Å²) in [6.07, 6.45) is 6.61. The van der Waals surface area contributed by atoms with Gasteiger partial charge in [0.15, 0.2) is 0 Å². The fourth-order valence-corrected chi connectivity index (χ4v) is 3.76. The van der Waals surface area contributed by atoms with Crippen molar-refractivity contribution in [1.29, 1.82) is 0 Å². The Hall–Kier alpha value is -0.870. The third-order valence-corrected chi connectivity index (χ3v) is 5.82. The molecule has 0 saturated carbocycles. The number of hydrogen-bond donors (Lipinski definition) is 1. The van der Waals surface area contributed by atoms with Crippen LogP contribution in [0.4, 0.5) is 0 Å². The van der Waals surface area contributed by atoms with E-state index in [0.29, 0.717) is 10.8 Å². The number of benzene rings is 1. The molecule has 1 aromatic rings. The molecule has 22 heavy (non-hydrogen) atoms. The van der Waals surface area contributed by atoms with Crippen LogP contribution in [0.15, 0.2) is 29.2 Å². The van der Waals surface area contributed by atoms with Crippen LogP contribution in [0, 0.1) is 0 Å². The molecule has 4 heteroatoms. The first-order chi connectivity index (χ1) is 10.4. The monoisotopic (exact) mass is 325 g/mol. The Kier molecular flexibility index (Phi) is 8.12. The molecular weight excluding hydrogens is 294 g/mol. The normalized spacial score (nSPS) is 14.7. The van der Waals surface area contributed by atoms with Gasteiger partial charge < -0.3 is 0 Å². The zero-order valence-electron chi connectivity index (χ0n) is 14.4. The van der Waals surface area contributed by atoms with Crippen molar-refractivity contribution in [2.75, 3.05) is 0 Å². The van der Waals surface area contributed by atoms with Gasteiger partial charge in [-0.25, -0.2) is 13.1 Å². The van der Waals surface area contributed by atoms with E-state index in [1.165, 1.54) is 24.8 Å². The SMILES string of the molecule is CCCCCCC(C)NS(=O)(=O)c1ccc(C(C)CC)cc1. The Labute approximate surface area is 136 Å². The summed E-state index contributed by atoms with van der Waals surface area (Å²) in [7, 11) is -3.40. The molecular formula is C18H31NO2S. The molecule has 126 valence electrons. The summed E-state index contributed by atoms with van der Waals surface area (Å²) < 4.78 is 27.5. The number of hydrogen-bond acceptors (Lipinski definition) is 2. The van der Waals surface area contributed by atoms with Crippen molar-refractivity contribution in [2.45, 2.75) is 83.1 Å². The van der Waals surface area contributed by atoms with Crippen LogP contribution in [0.1, 0.15) is 77.7 Å². The summed E-state index contributed by atoms with van der Waals surface area (Å²) in [5.41, 5.74) is 1.19. The van der Waals surface area contributed by atoms with Gasteiger partial charge in [-0.3, -0.25) is 0 Å². The largest absolute Gasteiger partial charge is 0.240 e. The van der Waals surface area contributed by atoms with Crippen LogP contribution < -0.4 is 4.72 Å². The molecule has 3 nitrogen and oxygen atoms in total. The zero-order chi connectivity index (χ0) is 16.6. The van der Waals surface area contributed by atoms with E-state index in [1.54, 1.807) is 12.1 Å². The lowest BCUT2D eigenvalue weighted by Gasteiger charge is -2.15. The Morgan fingerprint density at radius 1 is 1.00 bits per heavy atom. The number of unbranched alkanes of at least 4 members (excludes halogenated alkanes) is 3. The van der Waals surface area contributed by atoms with Crippen LogP contribution in [-0.2, 0) is 10.0 Å². The Bertz CT molecular complexity index is 523. The quantitative estimate of drug-likeness (QED) is 0.626. The first-order valence-electron chi connectivity index (χ1n) is 8.53. The predicted octanol–water partition coefficient (Wildman–Crippen LogP) is 4.84. The lowest BCUT2D eigenvalue weighted by Crippen LogP contribution is -2.32. The maximum Gasteiger partial charge on any atom is 0.240 e. The summed E-state index contributed by atoms with van der Waals surface area (Å²) in [6, 6.07) is 7.26. The first kappa shape index (κ1) is 19.2. The minimum atomic E-state index is -3.40. The molecule has 0 aliphatic rings. The van der Waals surface area contributed by atoms with Crippen LogP contribution in [0.5, 0.6) is 0 Å². The molecule has 0 fully saturated rings. The van der Waals surface area contributed by atoms with Crippen LogP contribution in [-0.4, -0.2) is 14.5 Å². The molecule has 1 N–H and O–H groups in total. The van der Waals surface area contributed by atoms with E-state index in [9.17, 15) is 8.42 Å². The third kappa shape index (κ3) is 6.09. The Balaban J connectivity index is 2.62. The topological polar surface area (TPSA) is 46.2 Å². The maximum absolute atomic E-state index is 12.4. The van der Waals surface area contributed by atoms with E-state index >= 15 is 0 Å². The molecule has 0 aromatic heterocycles. The summed E-state index contributed by atoms with van der Waals surface area (Å²) in [6.45, 7) is 8.41. The van der Waals surface area contributed by atoms with Gasteiger partial charge in [-0.05, 0) is 43.4 Å². The lowest BCUT2D eigenvalue weighted by molar-refractivity contribution is 0.522. The molecule has 0 saturated heterocycles. The van der Waals surface area contributed by atoms with Gasteiger partial charge in [0, 0.05) is 6.04 Å². The number of nitrogens with one attached hydrogen (secondary N) is 1. The van der Waals surface area contributed by atoms with Gasteiger partial charge in [-0.1, -0.05) is 58.6 Å². The molecule has 0 aliphatic heterocycles. The zero-order valence-corrected chi connectivity index (χ0v) is 15.2. The Morgan fingerprint density at radius 2 is 1.64 bits per heavy atom. The number of sulfonamides is 1. The fourth-order valence-electron chi connectivity index (χ4n) is 2.48. The maximum atomic E-state index is 12.4. The fraction of sp³-hybridized carbons (Fsp3) is 0.667. The molecule has 0 spiro atoms. The van der Waals surface area contributed by atoms with E-state index in [2.05, 4.69) is 25.5 Å². The molecule has 0 radical (unpaired) electrons. The highest BCUT2D eigenvalue weighted by Crippen LogP contribution is 2.20. The van der Waals surface area contributed by atoms with Gasteiger partial charge >= 0.3 is 0 Å². The van der Waals surface area contributed by atoms with E-state index in [1.807, 2.05) is 19.1 Å². The lowest BCUT2D eigenvalue weighted by atomic mass is 9.99. The van der Waals surface area contributed by atoms with Gasteiger partial charge in [-0.2, -0.15) is 0 Å². The van der Waals surface area contributed by atoms with Gasteiger partial charge in [-0.15, -0.1) is 0 Å². The van der Waals surface area contributed by atoms with E-state index in [4.69, 9.17) is 0 Å². The smallest absolute Gasteiger partial charge is 0.208 e. The molecule has 0 heterocycles. The van der Waals surface area contributed by atoms with Crippen molar-refractivity contribution in [2.24, 2.45) is 0 Å². The second-order valence-corrected chi connectivity index (χ2v) is 7.96. The molecule has 0 bridgehead atoms. The van der Waals surface area contributed by atoms with Gasteiger partial charge in [0.2, 0.25) is 10.0 Å². The average molecular weight is 326 g/mol. The molecule has 1 rings (SSSR count). The standard InChI is InChI=1S/C18H31NO2S/c1-5-7-8-9-10-16(4)19-22(20,21)18-13-11-17(12-14-18)15(3)6-2/h11-16,19H,5-10H2,1-4H3. The summed E-state index contributed by atoms with van der Waals surface area (Å²) >= 11 is 0. The highest BCUT2D eigenvalue weighted by molar-refractivity contribution is 7.89. The predicted molar refractivity (Wildman–Crippen MR) is 93.7 cm³/mol. The highest BCUT2D eigenvalue weighted by Gasteiger charge is 2.17. The minimum absolute atomic E-state index is 0.0175. The van der Waals surface area contributed by atoms with Crippen LogP contribution in [0.2, 0.25) is 0 Å². The molecule has 0 amide bonds. The summed E-state index contributed by atoms with van der Waals surface area (Å²) in [4.78, 5) is 0.361. The van der Waals surface area contributed by atoms with Gasteiger partial charge in [0.1, 0.15) is 0 Å². The molecule has 2 unspecified atom stereocenters. The number of rotatable bonds is 10. The van der Waals surface area contributed by atoms with Crippen molar-refractivity contribution in [3.63, 3.8) is 0 Å². The van der Waals surface area contributed by atoms with Crippen molar-refractivity contribution in [3.8, 4) is 0 Å². The van der Waals surface area contributed by atoms with E-state index in [0.717, 1.165) is 19.3 Å². The van der Waals surface area contributed by atoms with E-state index in [-0.39, 0.29) is 6.04 Å². The molecule has 0 aliphatic carbocycles. The van der Waals surface area contributed by atoms with Crippen LogP contribution in [0.3, 0.4) is 0 Å². The van der Waals surface area contributed by atoms with Crippen molar-refractivity contribution in [3.05, 3.63) is 29.8 Å². The second kappa shape index (κ2) is 9.31. The second-order valence-electron chi connectivity index (χ2n) is 6.25. The van der Waals surface area contributed by atoms with Gasteiger partial charge in [0.05, 0.1) is 4.90 Å². The summed E-state index contributed by atoms with van der Waals surface area (Å²) in [5, 5.41) is 0. The minimum Gasteiger partial charge on any atom is -0.208 e. The molecule has 2 atom stereocenters. The highest BCUT2D eigenvalue weighted by atomic mass is 32.2. The average Bonchev–Trinajstić information content (AvgIpc) is 2.50. The summed E-state index contributed by atoms with van der Waals surface area (Å²) in [5.74, 6) is 0.460. The van der Waals surface area contributed by atoms with Crippen molar-refractivity contribution in [1.82, 2.24) is 4.72 Å². The first-order valence-corrected chi connectivity index (χ1v) is 10.0. The van der Waals surface area contributed by atoms with Crippen molar-refractivity contribution < 1.29 is 8.42 Å². The van der Waals surface area contributed by atoms with Crippen LogP contribution in [0.25, 0.3) is 0 Å².